The van der Waals surface area contributed by atoms with Gasteiger partial charge in [-0.25, -0.2) is 4.79 Å². The van der Waals surface area contributed by atoms with Gasteiger partial charge in [0.2, 0.25) is 0 Å². The Hall–Kier alpha value is -2.30. The lowest BCUT2D eigenvalue weighted by molar-refractivity contribution is -0.136. The summed E-state index contributed by atoms with van der Waals surface area (Å²) < 4.78 is 6.77. The number of carbonyl (C=O) groups excluding carboxylic acids is 1. The standard InChI is InChI=1S/C18H23NO4/c1-3-13(4-2)9-10-23-18(22)19-12-14(11-17(20)21)15-7-5-6-8-16(15)19/h5-8,12-13H,3-4,9-11H2,1-2H3,(H,20,21). The molecule has 2 aromatic rings. The zero-order valence-electron chi connectivity index (χ0n) is 13.6. The van der Waals surface area contributed by atoms with Crippen LogP contribution in [-0.2, 0) is 16.0 Å². The van der Waals surface area contributed by atoms with Crippen molar-refractivity contribution in [2.75, 3.05) is 6.61 Å². The van der Waals surface area contributed by atoms with Crippen molar-refractivity contribution < 1.29 is 19.4 Å². The minimum absolute atomic E-state index is 0.117. The van der Waals surface area contributed by atoms with Gasteiger partial charge in [-0.05, 0) is 24.0 Å². The summed E-state index contributed by atoms with van der Waals surface area (Å²) in [7, 11) is 0. The van der Waals surface area contributed by atoms with Gasteiger partial charge in [0.05, 0.1) is 18.5 Å². The number of carboxylic acids is 1. The average Bonchev–Trinajstić information content (AvgIpc) is 2.90. The third-order valence-corrected chi connectivity index (χ3v) is 4.24. The first-order valence-corrected chi connectivity index (χ1v) is 8.04. The molecule has 5 heteroatoms. The summed E-state index contributed by atoms with van der Waals surface area (Å²) >= 11 is 0. The number of aliphatic carboxylic acids is 1. The van der Waals surface area contributed by atoms with Gasteiger partial charge >= 0.3 is 12.1 Å². The van der Waals surface area contributed by atoms with Crippen molar-refractivity contribution in [3.05, 3.63) is 36.0 Å². The fraction of sp³-hybridized carbons (Fsp3) is 0.444. The van der Waals surface area contributed by atoms with E-state index in [2.05, 4.69) is 13.8 Å². The van der Waals surface area contributed by atoms with E-state index in [0.717, 1.165) is 24.6 Å². The number of carboxylic acid groups (broad SMARTS) is 1. The second-order valence-electron chi connectivity index (χ2n) is 5.70. The molecule has 1 N–H and O–H groups in total. The van der Waals surface area contributed by atoms with Crippen molar-refractivity contribution in [1.82, 2.24) is 4.57 Å². The smallest absolute Gasteiger partial charge is 0.418 e. The Kier molecular flexibility index (Phi) is 5.79. The molecular weight excluding hydrogens is 294 g/mol. The summed E-state index contributed by atoms with van der Waals surface area (Å²) in [4.78, 5) is 23.3. The highest BCUT2D eigenvalue weighted by Crippen LogP contribution is 2.22. The number of aromatic nitrogens is 1. The minimum atomic E-state index is -0.921. The average molecular weight is 317 g/mol. The van der Waals surface area contributed by atoms with E-state index in [1.807, 2.05) is 18.2 Å². The van der Waals surface area contributed by atoms with E-state index in [4.69, 9.17) is 9.84 Å². The van der Waals surface area contributed by atoms with Gasteiger partial charge in [-0.15, -0.1) is 0 Å². The van der Waals surface area contributed by atoms with Gasteiger partial charge in [-0.1, -0.05) is 44.9 Å². The quantitative estimate of drug-likeness (QED) is 0.835. The molecule has 1 aromatic heterocycles. The topological polar surface area (TPSA) is 68.5 Å². The van der Waals surface area contributed by atoms with Crippen molar-refractivity contribution in [2.24, 2.45) is 5.92 Å². The molecule has 0 unspecified atom stereocenters. The molecule has 0 atom stereocenters. The number of carbonyl (C=O) groups is 2. The van der Waals surface area contributed by atoms with Crippen LogP contribution < -0.4 is 0 Å². The summed E-state index contributed by atoms with van der Waals surface area (Å²) in [5.74, 6) is -0.359. The Balaban J connectivity index is 2.15. The third-order valence-electron chi connectivity index (χ3n) is 4.24. The normalized spacial score (nSPS) is 11.1. The van der Waals surface area contributed by atoms with Crippen molar-refractivity contribution in [1.29, 1.82) is 0 Å². The maximum Gasteiger partial charge on any atom is 0.418 e. The van der Waals surface area contributed by atoms with E-state index < -0.39 is 12.1 Å². The van der Waals surface area contributed by atoms with Crippen LogP contribution in [0.4, 0.5) is 4.79 Å². The number of ether oxygens (including phenoxy) is 1. The number of hydrogen-bond donors (Lipinski definition) is 1. The third kappa shape index (κ3) is 4.12. The molecule has 124 valence electrons. The Morgan fingerprint density at radius 1 is 1.22 bits per heavy atom. The zero-order chi connectivity index (χ0) is 16.8. The van der Waals surface area contributed by atoms with Crippen LogP contribution >= 0.6 is 0 Å². The summed E-state index contributed by atoms with van der Waals surface area (Å²) in [6.07, 6.45) is 3.99. The molecule has 0 fully saturated rings. The molecule has 0 aliphatic heterocycles. The van der Waals surface area contributed by atoms with Gasteiger partial charge in [0.25, 0.3) is 0 Å². The number of hydrogen-bond acceptors (Lipinski definition) is 3. The molecule has 0 saturated carbocycles. The predicted molar refractivity (Wildman–Crippen MR) is 88.7 cm³/mol. The minimum Gasteiger partial charge on any atom is -0.481 e. The molecule has 5 nitrogen and oxygen atoms in total. The predicted octanol–water partition coefficient (Wildman–Crippen LogP) is 4.08. The van der Waals surface area contributed by atoms with Crippen LogP contribution in [0.5, 0.6) is 0 Å². The molecule has 0 saturated heterocycles. The molecule has 0 bridgehead atoms. The molecule has 2 rings (SSSR count). The first-order valence-electron chi connectivity index (χ1n) is 8.04. The van der Waals surface area contributed by atoms with Crippen molar-refractivity contribution in [3.8, 4) is 0 Å². The first-order chi connectivity index (χ1) is 11.1. The first kappa shape index (κ1) is 17.1. The highest BCUT2D eigenvalue weighted by atomic mass is 16.5. The van der Waals surface area contributed by atoms with Crippen LogP contribution in [-0.4, -0.2) is 28.3 Å². The zero-order valence-corrected chi connectivity index (χ0v) is 13.6. The highest BCUT2D eigenvalue weighted by molar-refractivity contribution is 5.93. The second-order valence-corrected chi connectivity index (χ2v) is 5.70. The number of fused-ring (bicyclic) bond motifs is 1. The molecule has 1 aromatic carbocycles. The van der Waals surface area contributed by atoms with Crippen LogP contribution in [0.3, 0.4) is 0 Å². The van der Waals surface area contributed by atoms with Gasteiger partial charge in [-0.3, -0.25) is 9.36 Å². The molecular formula is C18H23NO4. The largest absolute Gasteiger partial charge is 0.481 e. The van der Waals surface area contributed by atoms with Gasteiger partial charge in [0.1, 0.15) is 0 Å². The lowest BCUT2D eigenvalue weighted by Gasteiger charge is -2.12. The van der Waals surface area contributed by atoms with E-state index >= 15 is 0 Å². The summed E-state index contributed by atoms with van der Waals surface area (Å²) in [5.41, 5.74) is 1.29. The molecule has 0 aliphatic rings. The Morgan fingerprint density at radius 2 is 1.91 bits per heavy atom. The lowest BCUT2D eigenvalue weighted by Crippen LogP contribution is -2.15. The molecule has 0 radical (unpaired) electrons. The number of nitrogens with zero attached hydrogens (tertiary/aromatic N) is 1. The number of rotatable bonds is 7. The fourth-order valence-electron chi connectivity index (χ4n) is 2.78. The van der Waals surface area contributed by atoms with E-state index in [-0.39, 0.29) is 6.42 Å². The molecule has 0 amide bonds. The number of para-hydroxylation sites is 1. The fourth-order valence-corrected chi connectivity index (χ4v) is 2.78. The molecule has 0 aliphatic carbocycles. The van der Waals surface area contributed by atoms with Gasteiger partial charge < -0.3 is 9.84 Å². The second kappa shape index (κ2) is 7.81. The van der Waals surface area contributed by atoms with Crippen molar-refractivity contribution in [2.45, 2.75) is 39.5 Å². The summed E-state index contributed by atoms with van der Waals surface area (Å²) in [6.45, 7) is 4.65. The van der Waals surface area contributed by atoms with Crippen molar-refractivity contribution >= 4 is 23.0 Å². The van der Waals surface area contributed by atoms with Crippen molar-refractivity contribution in [3.63, 3.8) is 0 Å². The molecule has 0 spiro atoms. The van der Waals surface area contributed by atoms with E-state index in [9.17, 15) is 9.59 Å². The number of benzene rings is 1. The summed E-state index contributed by atoms with van der Waals surface area (Å²) in [6, 6.07) is 7.27. The van der Waals surface area contributed by atoms with Crippen LogP contribution in [0.1, 0.15) is 38.7 Å². The maximum absolute atomic E-state index is 12.3. The van der Waals surface area contributed by atoms with E-state index in [1.165, 1.54) is 4.57 Å². The SMILES string of the molecule is CCC(CC)CCOC(=O)n1cc(CC(=O)O)c2ccccc21. The highest BCUT2D eigenvalue weighted by Gasteiger charge is 2.16. The van der Waals surface area contributed by atoms with Crippen LogP contribution in [0.25, 0.3) is 10.9 Å². The lowest BCUT2D eigenvalue weighted by atomic mass is 10.0. The van der Waals surface area contributed by atoms with Crippen LogP contribution in [0, 0.1) is 5.92 Å². The van der Waals surface area contributed by atoms with Crippen LogP contribution in [0.2, 0.25) is 0 Å². The van der Waals surface area contributed by atoms with E-state index in [1.54, 1.807) is 12.3 Å². The Labute approximate surface area is 135 Å². The Bertz CT molecular complexity index is 685. The Morgan fingerprint density at radius 3 is 2.57 bits per heavy atom. The van der Waals surface area contributed by atoms with E-state index in [0.29, 0.717) is 23.6 Å². The van der Waals surface area contributed by atoms with Gasteiger partial charge in [-0.2, -0.15) is 0 Å². The van der Waals surface area contributed by atoms with Gasteiger partial charge in [0.15, 0.2) is 0 Å². The maximum atomic E-state index is 12.3. The van der Waals surface area contributed by atoms with Crippen LogP contribution in [0.15, 0.2) is 30.5 Å². The summed E-state index contributed by atoms with van der Waals surface area (Å²) in [5, 5.41) is 9.78. The monoisotopic (exact) mass is 317 g/mol. The van der Waals surface area contributed by atoms with Gasteiger partial charge in [0, 0.05) is 11.6 Å². The molecule has 1 heterocycles. The molecule has 23 heavy (non-hydrogen) atoms.